The minimum atomic E-state index is -4.54. The molecular formula is C23H24F3N5O3. The van der Waals surface area contributed by atoms with Crippen molar-refractivity contribution in [3.63, 3.8) is 0 Å². The Labute approximate surface area is 194 Å². The summed E-state index contributed by atoms with van der Waals surface area (Å²) in [6, 6.07) is 10.7. The Morgan fingerprint density at radius 1 is 1.15 bits per heavy atom. The van der Waals surface area contributed by atoms with Gasteiger partial charge in [-0.1, -0.05) is 6.07 Å². The SMILES string of the molecule is CN(C)CCNC(=O)c1ccc(Nc2c(Oc3cccc(C(F)(F)F)c3)cnn(C)c2=O)cc1. The molecule has 1 heterocycles. The van der Waals surface area contributed by atoms with Crippen LogP contribution in [-0.4, -0.2) is 47.8 Å². The Kier molecular flexibility index (Phi) is 7.57. The molecule has 2 aromatic carbocycles. The first kappa shape index (κ1) is 24.8. The summed E-state index contributed by atoms with van der Waals surface area (Å²) in [7, 11) is 5.24. The van der Waals surface area contributed by atoms with Crippen molar-refractivity contribution in [2.24, 2.45) is 7.05 Å². The van der Waals surface area contributed by atoms with Gasteiger partial charge in [0.1, 0.15) is 5.75 Å². The second-order valence-corrected chi connectivity index (χ2v) is 7.70. The zero-order valence-electron chi connectivity index (χ0n) is 18.8. The van der Waals surface area contributed by atoms with Crippen LogP contribution >= 0.6 is 0 Å². The van der Waals surface area contributed by atoms with E-state index in [9.17, 15) is 22.8 Å². The van der Waals surface area contributed by atoms with Gasteiger partial charge in [0.05, 0.1) is 11.8 Å². The second kappa shape index (κ2) is 10.4. The van der Waals surface area contributed by atoms with Gasteiger partial charge in [-0.2, -0.15) is 18.3 Å². The molecule has 8 nitrogen and oxygen atoms in total. The molecule has 0 saturated carbocycles. The maximum absolute atomic E-state index is 13.0. The average molecular weight is 475 g/mol. The predicted molar refractivity (Wildman–Crippen MR) is 122 cm³/mol. The molecule has 0 spiro atoms. The third-order valence-electron chi connectivity index (χ3n) is 4.75. The number of anilines is 2. The topological polar surface area (TPSA) is 88.5 Å². The van der Waals surface area contributed by atoms with Crippen LogP contribution in [0.1, 0.15) is 15.9 Å². The monoisotopic (exact) mass is 475 g/mol. The highest BCUT2D eigenvalue weighted by Gasteiger charge is 2.30. The Balaban J connectivity index is 1.81. The van der Waals surface area contributed by atoms with Crippen LogP contribution in [0, 0.1) is 0 Å². The lowest BCUT2D eigenvalue weighted by molar-refractivity contribution is -0.137. The van der Waals surface area contributed by atoms with Gasteiger partial charge in [-0.15, -0.1) is 0 Å². The number of aryl methyl sites for hydroxylation is 1. The molecule has 0 radical (unpaired) electrons. The van der Waals surface area contributed by atoms with Crippen LogP contribution < -0.4 is 20.9 Å². The predicted octanol–water partition coefficient (Wildman–Crippen LogP) is 3.63. The fourth-order valence-corrected chi connectivity index (χ4v) is 2.92. The fraction of sp³-hybridized carbons (Fsp3) is 0.261. The van der Waals surface area contributed by atoms with Crippen LogP contribution in [-0.2, 0) is 13.2 Å². The number of rotatable bonds is 8. The van der Waals surface area contributed by atoms with Gasteiger partial charge in [-0.25, -0.2) is 4.68 Å². The van der Waals surface area contributed by atoms with Crippen LogP contribution in [0.5, 0.6) is 11.5 Å². The average Bonchev–Trinajstić information content (AvgIpc) is 2.78. The van der Waals surface area contributed by atoms with E-state index in [0.29, 0.717) is 24.3 Å². The number of nitrogens with one attached hydrogen (secondary N) is 2. The van der Waals surface area contributed by atoms with Crippen LogP contribution in [0.3, 0.4) is 0 Å². The minimum absolute atomic E-state index is 0.0157. The van der Waals surface area contributed by atoms with Crippen molar-refractivity contribution in [3.05, 3.63) is 76.2 Å². The number of carbonyl (C=O) groups excluding carboxylic acids is 1. The van der Waals surface area contributed by atoms with Crippen LogP contribution in [0.4, 0.5) is 24.5 Å². The summed E-state index contributed by atoms with van der Waals surface area (Å²) >= 11 is 0. The van der Waals surface area contributed by atoms with Gasteiger partial charge in [0.25, 0.3) is 11.5 Å². The summed E-state index contributed by atoms with van der Waals surface area (Å²) in [4.78, 5) is 26.9. The number of halogens is 3. The van der Waals surface area contributed by atoms with Gasteiger partial charge < -0.3 is 20.3 Å². The molecule has 0 aliphatic carbocycles. The van der Waals surface area contributed by atoms with E-state index in [1.165, 1.54) is 25.4 Å². The van der Waals surface area contributed by atoms with E-state index < -0.39 is 17.3 Å². The number of ether oxygens (including phenoxy) is 1. The molecule has 180 valence electrons. The van der Waals surface area contributed by atoms with Crippen molar-refractivity contribution in [2.75, 3.05) is 32.5 Å². The van der Waals surface area contributed by atoms with Gasteiger partial charge in [-0.05, 0) is 56.6 Å². The molecule has 0 bridgehead atoms. The van der Waals surface area contributed by atoms with Crippen LogP contribution in [0.2, 0.25) is 0 Å². The first-order valence-corrected chi connectivity index (χ1v) is 10.3. The number of benzene rings is 2. The van der Waals surface area contributed by atoms with E-state index in [0.717, 1.165) is 16.8 Å². The molecule has 0 fully saturated rings. The number of carbonyl (C=O) groups is 1. The Bertz CT molecular complexity index is 1210. The number of alkyl halides is 3. The molecule has 0 saturated heterocycles. The number of amides is 1. The number of nitrogens with zero attached hydrogens (tertiary/aromatic N) is 3. The number of aromatic nitrogens is 2. The van der Waals surface area contributed by atoms with E-state index in [2.05, 4.69) is 15.7 Å². The van der Waals surface area contributed by atoms with E-state index in [4.69, 9.17) is 4.74 Å². The normalized spacial score (nSPS) is 11.4. The molecule has 0 aliphatic rings. The number of hydrogen-bond donors (Lipinski definition) is 2. The maximum Gasteiger partial charge on any atom is 0.416 e. The third-order valence-corrected chi connectivity index (χ3v) is 4.75. The summed E-state index contributed by atoms with van der Waals surface area (Å²) < 4.78 is 45.7. The second-order valence-electron chi connectivity index (χ2n) is 7.70. The maximum atomic E-state index is 13.0. The van der Waals surface area contributed by atoms with Gasteiger partial charge in [-0.3, -0.25) is 9.59 Å². The van der Waals surface area contributed by atoms with Crippen molar-refractivity contribution in [1.82, 2.24) is 20.0 Å². The van der Waals surface area contributed by atoms with Crippen molar-refractivity contribution >= 4 is 17.3 Å². The van der Waals surface area contributed by atoms with E-state index in [-0.39, 0.29) is 23.1 Å². The first-order chi connectivity index (χ1) is 16.0. The van der Waals surface area contributed by atoms with Gasteiger partial charge in [0, 0.05) is 31.4 Å². The van der Waals surface area contributed by atoms with E-state index >= 15 is 0 Å². The van der Waals surface area contributed by atoms with Crippen LogP contribution in [0.15, 0.2) is 59.5 Å². The molecule has 1 amide bonds. The fourth-order valence-electron chi connectivity index (χ4n) is 2.92. The zero-order valence-corrected chi connectivity index (χ0v) is 18.8. The first-order valence-electron chi connectivity index (χ1n) is 10.3. The molecule has 3 rings (SSSR count). The molecule has 11 heteroatoms. The molecule has 0 atom stereocenters. The highest BCUT2D eigenvalue weighted by atomic mass is 19.4. The largest absolute Gasteiger partial charge is 0.453 e. The minimum Gasteiger partial charge on any atom is -0.453 e. The lowest BCUT2D eigenvalue weighted by Gasteiger charge is -2.14. The highest BCUT2D eigenvalue weighted by Crippen LogP contribution is 2.34. The smallest absolute Gasteiger partial charge is 0.416 e. The summed E-state index contributed by atoms with van der Waals surface area (Å²) in [6.45, 7) is 1.19. The zero-order chi connectivity index (χ0) is 24.9. The van der Waals surface area contributed by atoms with Gasteiger partial charge >= 0.3 is 6.18 Å². The quantitative estimate of drug-likeness (QED) is 0.518. The molecular weight excluding hydrogens is 451 g/mol. The van der Waals surface area contributed by atoms with Gasteiger partial charge in [0.2, 0.25) is 0 Å². The molecule has 0 unspecified atom stereocenters. The van der Waals surface area contributed by atoms with Crippen molar-refractivity contribution < 1.29 is 22.7 Å². The highest BCUT2D eigenvalue weighted by molar-refractivity contribution is 5.94. The van der Waals surface area contributed by atoms with Crippen molar-refractivity contribution in [3.8, 4) is 11.5 Å². The Morgan fingerprint density at radius 2 is 1.85 bits per heavy atom. The van der Waals surface area contributed by atoms with Crippen molar-refractivity contribution in [2.45, 2.75) is 6.18 Å². The summed E-state index contributed by atoms with van der Waals surface area (Å²) in [5, 5.41) is 9.60. The third kappa shape index (κ3) is 6.35. The lowest BCUT2D eigenvalue weighted by atomic mass is 10.2. The molecule has 2 N–H and O–H groups in total. The molecule has 0 aliphatic heterocycles. The van der Waals surface area contributed by atoms with Crippen molar-refractivity contribution in [1.29, 1.82) is 0 Å². The lowest BCUT2D eigenvalue weighted by Crippen LogP contribution is -2.31. The molecule has 3 aromatic rings. The standard InChI is InChI=1S/C23H24F3N5O3/c1-30(2)12-11-27-21(32)15-7-9-17(10-8-15)29-20-19(14-28-31(3)22(20)33)34-18-6-4-5-16(13-18)23(24,25)26/h4-10,13-14,29H,11-12H2,1-3H3,(H,27,32). The summed E-state index contributed by atoms with van der Waals surface area (Å²) in [6.07, 6.45) is -3.30. The van der Waals surface area contributed by atoms with Crippen LogP contribution in [0.25, 0.3) is 0 Å². The number of hydrogen-bond acceptors (Lipinski definition) is 6. The molecule has 34 heavy (non-hydrogen) atoms. The summed E-state index contributed by atoms with van der Waals surface area (Å²) in [5.41, 5.74) is -0.529. The van der Waals surface area contributed by atoms with E-state index in [1.807, 2.05) is 19.0 Å². The molecule has 1 aromatic heterocycles. The summed E-state index contributed by atoms with van der Waals surface area (Å²) in [5.74, 6) is -0.382. The Morgan fingerprint density at radius 3 is 2.50 bits per heavy atom. The van der Waals surface area contributed by atoms with E-state index in [1.54, 1.807) is 24.3 Å². The number of likely N-dealkylation sites (N-methyl/N-ethyl adjacent to an activating group) is 1. The van der Waals surface area contributed by atoms with Gasteiger partial charge in [0.15, 0.2) is 11.4 Å². The Hall–Kier alpha value is -3.86.